The normalized spacial score (nSPS) is 17.5. The smallest absolute Gasteiger partial charge is 0.258 e. The van der Waals surface area contributed by atoms with Gasteiger partial charge in [-0.05, 0) is 53.0 Å². The van der Waals surface area contributed by atoms with Gasteiger partial charge in [0.1, 0.15) is 22.3 Å². The number of hydrogen-bond acceptors (Lipinski definition) is 4. The topological polar surface area (TPSA) is 86.7 Å². The molecule has 1 atom stereocenters. The van der Waals surface area contributed by atoms with Crippen LogP contribution in [0.4, 0.5) is 18.9 Å². The highest BCUT2D eigenvalue weighted by Gasteiger charge is 2.37. The van der Waals surface area contributed by atoms with E-state index in [4.69, 9.17) is 0 Å². The summed E-state index contributed by atoms with van der Waals surface area (Å²) < 4.78 is 68.5. The minimum atomic E-state index is -4.39. The Bertz CT molecular complexity index is 1070. The fourth-order valence-electron chi connectivity index (χ4n) is 3.11. The maximum atomic E-state index is 14.3. The number of benzene rings is 2. The maximum Gasteiger partial charge on any atom is 0.258 e. The van der Waals surface area contributed by atoms with Crippen LogP contribution in [-0.4, -0.2) is 42.9 Å². The lowest BCUT2D eigenvalue weighted by Gasteiger charge is -2.23. The largest absolute Gasteiger partial charge is 0.395 e. The summed E-state index contributed by atoms with van der Waals surface area (Å²) in [6, 6.07) is 3.78. The summed E-state index contributed by atoms with van der Waals surface area (Å²) in [4.78, 5) is 11.6. The van der Waals surface area contributed by atoms with Crippen LogP contribution in [0.3, 0.4) is 0 Å². The molecule has 1 heterocycles. The van der Waals surface area contributed by atoms with Gasteiger partial charge in [-0.3, -0.25) is 4.79 Å². The average molecular weight is 493 g/mol. The predicted octanol–water partition coefficient (Wildman–Crippen LogP) is 3.26. The molecule has 1 fully saturated rings. The van der Waals surface area contributed by atoms with Gasteiger partial charge in [-0.1, -0.05) is 0 Å². The third kappa shape index (κ3) is 4.32. The van der Waals surface area contributed by atoms with Gasteiger partial charge in [-0.15, -0.1) is 0 Å². The van der Waals surface area contributed by atoms with Gasteiger partial charge in [-0.2, -0.15) is 4.31 Å². The van der Waals surface area contributed by atoms with Gasteiger partial charge in [0.2, 0.25) is 10.0 Å². The Balaban J connectivity index is 1.97. The molecular formula is C18H16BrF3N2O4S. The monoisotopic (exact) mass is 492 g/mol. The molecule has 0 spiro atoms. The van der Waals surface area contributed by atoms with E-state index in [1.807, 2.05) is 0 Å². The predicted molar refractivity (Wildman–Crippen MR) is 102 cm³/mol. The number of aliphatic hydroxyl groups excluding tert-OH is 1. The van der Waals surface area contributed by atoms with Crippen LogP contribution in [-0.2, 0) is 10.0 Å². The molecule has 1 saturated heterocycles. The molecule has 2 aromatic rings. The standard InChI is InChI=1S/C18H16BrF3N2O4S/c19-13-6-10(3-4-14(13)20)23-18(26)12-7-17(16(22)8-15(12)21)29(27,28)24-5-1-2-11(24)9-25/h3-4,6-8,11,25H,1-2,5,9H2,(H,23,26). The van der Waals surface area contributed by atoms with Crippen molar-refractivity contribution in [1.29, 1.82) is 0 Å². The Kier molecular flexibility index (Phi) is 6.32. The third-order valence-electron chi connectivity index (χ3n) is 4.56. The van der Waals surface area contributed by atoms with Crippen LogP contribution in [0.15, 0.2) is 39.7 Å². The van der Waals surface area contributed by atoms with Crippen LogP contribution in [0.1, 0.15) is 23.2 Å². The summed E-state index contributed by atoms with van der Waals surface area (Å²) in [6.45, 7) is -0.357. The van der Waals surface area contributed by atoms with Crippen LogP contribution in [0.25, 0.3) is 0 Å². The first-order chi connectivity index (χ1) is 13.6. The number of carbonyl (C=O) groups excluding carboxylic acids is 1. The van der Waals surface area contributed by atoms with Crippen molar-refractivity contribution >= 4 is 37.5 Å². The molecule has 1 amide bonds. The first-order valence-electron chi connectivity index (χ1n) is 8.53. The Morgan fingerprint density at radius 1 is 1.17 bits per heavy atom. The van der Waals surface area contributed by atoms with E-state index in [0.29, 0.717) is 25.0 Å². The van der Waals surface area contributed by atoms with Crippen LogP contribution in [0, 0.1) is 17.5 Å². The summed E-state index contributed by atoms with van der Waals surface area (Å²) >= 11 is 2.95. The molecule has 0 saturated carbocycles. The lowest BCUT2D eigenvalue weighted by molar-refractivity contribution is 0.102. The molecule has 11 heteroatoms. The second kappa shape index (κ2) is 8.42. The second-order valence-electron chi connectivity index (χ2n) is 6.44. The van der Waals surface area contributed by atoms with Crippen LogP contribution in [0.5, 0.6) is 0 Å². The summed E-state index contributed by atoms with van der Waals surface area (Å²) in [5.41, 5.74) is -0.568. The Labute approximate surface area is 173 Å². The van der Waals surface area contributed by atoms with E-state index >= 15 is 0 Å². The number of anilines is 1. The average Bonchev–Trinajstić information content (AvgIpc) is 3.14. The van der Waals surface area contributed by atoms with Gasteiger partial charge < -0.3 is 10.4 Å². The number of amides is 1. The lowest BCUT2D eigenvalue weighted by atomic mass is 10.2. The SMILES string of the molecule is O=C(Nc1ccc(F)c(Br)c1)c1cc(S(=O)(=O)N2CCCC2CO)c(F)cc1F. The number of nitrogens with one attached hydrogen (secondary N) is 1. The quantitative estimate of drug-likeness (QED) is 0.670. The molecule has 0 aromatic heterocycles. The molecule has 2 N–H and O–H groups in total. The highest BCUT2D eigenvalue weighted by molar-refractivity contribution is 9.10. The van der Waals surface area contributed by atoms with Gasteiger partial charge in [0, 0.05) is 24.3 Å². The number of nitrogens with zero attached hydrogens (tertiary/aromatic N) is 1. The highest BCUT2D eigenvalue weighted by Crippen LogP contribution is 2.29. The number of halogens is 4. The first kappa shape index (κ1) is 21.8. The van der Waals surface area contributed by atoms with Gasteiger partial charge in [0.25, 0.3) is 5.91 Å². The molecule has 1 unspecified atom stereocenters. The molecule has 6 nitrogen and oxygen atoms in total. The van der Waals surface area contributed by atoms with E-state index in [1.165, 1.54) is 12.1 Å². The Morgan fingerprint density at radius 3 is 2.55 bits per heavy atom. The molecule has 1 aliphatic rings. The minimum absolute atomic E-state index is 0.0576. The first-order valence-corrected chi connectivity index (χ1v) is 10.8. The Morgan fingerprint density at radius 2 is 1.90 bits per heavy atom. The van der Waals surface area contributed by atoms with Crippen molar-refractivity contribution in [1.82, 2.24) is 4.31 Å². The van der Waals surface area contributed by atoms with Gasteiger partial charge >= 0.3 is 0 Å². The summed E-state index contributed by atoms with van der Waals surface area (Å²) in [6.07, 6.45) is 0.894. The second-order valence-corrected chi connectivity index (χ2v) is 9.15. The van der Waals surface area contributed by atoms with E-state index < -0.39 is 56.5 Å². The number of aliphatic hydroxyl groups is 1. The highest BCUT2D eigenvalue weighted by atomic mass is 79.9. The zero-order valence-corrected chi connectivity index (χ0v) is 17.2. The molecule has 2 aromatic carbocycles. The maximum absolute atomic E-state index is 14.3. The summed E-state index contributed by atoms with van der Waals surface area (Å²) in [5, 5.41) is 11.7. The molecule has 0 radical (unpaired) electrons. The van der Waals surface area contributed by atoms with Crippen molar-refractivity contribution in [3.8, 4) is 0 Å². The zero-order valence-electron chi connectivity index (χ0n) is 14.8. The molecule has 0 bridgehead atoms. The number of hydrogen-bond donors (Lipinski definition) is 2. The number of carbonyl (C=O) groups is 1. The van der Waals surface area contributed by atoms with E-state index in [0.717, 1.165) is 10.4 Å². The lowest BCUT2D eigenvalue weighted by Crippen LogP contribution is -2.38. The molecule has 3 rings (SSSR count). The fourth-order valence-corrected chi connectivity index (χ4v) is 5.25. The molecular weight excluding hydrogens is 477 g/mol. The molecule has 29 heavy (non-hydrogen) atoms. The molecule has 156 valence electrons. The number of sulfonamides is 1. The fraction of sp³-hybridized carbons (Fsp3) is 0.278. The van der Waals surface area contributed by atoms with Gasteiger partial charge in [0.05, 0.1) is 16.6 Å². The van der Waals surface area contributed by atoms with E-state index in [1.54, 1.807) is 0 Å². The van der Waals surface area contributed by atoms with Crippen LogP contribution < -0.4 is 5.32 Å². The van der Waals surface area contributed by atoms with Crippen LogP contribution in [0.2, 0.25) is 0 Å². The minimum Gasteiger partial charge on any atom is -0.395 e. The van der Waals surface area contributed by atoms with Crippen molar-refractivity contribution in [2.75, 3.05) is 18.5 Å². The Hall–Kier alpha value is -1.95. The van der Waals surface area contributed by atoms with Crippen molar-refractivity contribution < 1.29 is 31.5 Å². The van der Waals surface area contributed by atoms with Crippen LogP contribution >= 0.6 is 15.9 Å². The van der Waals surface area contributed by atoms with Crippen molar-refractivity contribution in [3.05, 3.63) is 57.8 Å². The van der Waals surface area contributed by atoms with E-state index in [-0.39, 0.29) is 16.7 Å². The van der Waals surface area contributed by atoms with Gasteiger partial charge in [0.15, 0.2) is 0 Å². The van der Waals surface area contributed by atoms with Gasteiger partial charge in [-0.25, -0.2) is 21.6 Å². The zero-order chi connectivity index (χ0) is 21.3. The van der Waals surface area contributed by atoms with E-state index in [2.05, 4.69) is 21.2 Å². The van der Waals surface area contributed by atoms with Crippen molar-refractivity contribution in [3.63, 3.8) is 0 Å². The molecule has 0 aliphatic carbocycles. The van der Waals surface area contributed by atoms with Crippen molar-refractivity contribution in [2.45, 2.75) is 23.8 Å². The summed E-state index contributed by atoms with van der Waals surface area (Å²) in [7, 11) is -4.39. The third-order valence-corrected chi connectivity index (χ3v) is 7.14. The summed E-state index contributed by atoms with van der Waals surface area (Å²) in [5.74, 6) is -4.20. The van der Waals surface area contributed by atoms with Crippen molar-refractivity contribution in [2.24, 2.45) is 0 Å². The molecule has 1 aliphatic heterocycles. The van der Waals surface area contributed by atoms with E-state index in [9.17, 15) is 31.5 Å². The number of rotatable bonds is 5.